The monoisotopic (exact) mass is 282 g/mol. The molecule has 0 amide bonds. The fraction of sp³-hybridized carbons (Fsp3) is 0.154. The summed E-state index contributed by atoms with van der Waals surface area (Å²) in [5.74, 6) is 0.170. The van der Waals surface area contributed by atoms with E-state index in [9.17, 15) is 4.79 Å². The van der Waals surface area contributed by atoms with Crippen LogP contribution in [0.15, 0.2) is 34.7 Å². The summed E-state index contributed by atoms with van der Waals surface area (Å²) < 4.78 is 15.7. The van der Waals surface area contributed by atoms with Gasteiger partial charge in [0.05, 0.1) is 7.11 Å². The Hall–Kier alpha value is -2.14. The van der Waals surface area contributed by atoms with E-state index >= 15 is 0 Å². The molecule has 0 atom stereocenters. The predicted octanol–water partition coefficient (Wildman–Crippen LogP) is 3.22. The standard InChI is InChI=1S/C13H11ClO5/c1-17-12-6-8(14)2-4-10(12)18-7-9-3-5-11(19-9)13(15)16/h2-6H,7H2,1H3,(H,15,16). The summed E-state index contributed by atoms with van der Waals surface area (Å²) in [4.78, 5) is 10.7. The van der Waals surface area contributed by atoms with Crippen LogP contribution in [0.1, 0.15) is 16.3 Å². The van der Waals surface area contributed by atoms with E-state index in [1.807, 2.05) is 0 Å². The fourth-order valence-corrected chi connectivity index (χ4v) is 1.64. The summed E-state index contributed by atoms with van der Waals surface area (Å²) in [7, 11) is 1.51. The molecule has 0 saturated carbocycles. The van der Waals surface area contributed by atoms with Crippen molar-refractivity contribution in [2.24, 2.45) is 0 Å². The summed E-state index contributed by atoms with van der Waals surface area (Å²) in [5, 5.41) is 9.26. The molecule has 0 aliphatic rings. The summed E-state index contributed by atoms with van der Waals surface area (Å²) in [5.41, 5.74) is 0. The van der Waals surface area contributed by atoms with Crippen LogP contribution in [-0.2, 0) is 6.61 Å². The van der Waals surface area contributed by atoms with Crippen molar-refractivity contribution < 1.29 is 23.8 Å². The lowest BCUT2D eigenvalue weighted by molar-refractivity contribution is 0.0658. The molecule has 100 valence electrons. The minimum atomic E-state index is -1.12. The molecule has 1 N–H and O–H groups in total. The molecule has 2 rings (SSSR count). The van der Waals surface area contributed by atoms with Gasteiger partial charge in [0.2, 0.25) is 5.76 Å². The van der Waals surface area contributed by atoms with E-state index in [2.05, 4.69) is 0 Å². The lowest BCUT2D eigenvalue weighted by Crippen LogP contribution is -1.97. The molecule has 0 aliphatic heterocycles. The van der Waals surface area contributed by atoms with Gasteiger partial charge in [-0.3, -0.25) is 0 Å². The van der Waals surface area contributed by atoms with E-state index in [0.29, 0.717) is 22.3 Å². The molecule has 0 radical (unpaired) electrons. The molecule has 2 aromatic rings. The van der Waals surface area contributed by atoms with Crippen LogP contribution in [0, 0.1) is 0 Å². The third-order valence-corrected chi connectivity index (χ3v) is 2.60. The molecule has 1 aromatic heterocycles. The number of aromatic carboxylic acids is 1. The second-order valence-corrected chi connectivity index (χ2v) is 4.09. The van der Waals surface area contributed by atoms with Crippen molar-refractivity contribution in [3.63, 3.8) is 0 Å². The Morgan fingerprint density at radius 1 is 1.32 bits per heavy atom. The van der Waals surface area contributed by atoms with E-state index in [4.69, 9.17) is 30.6 Å². The van der Waals surface area contributed by atoms with Crippen molar-refractivity contribution in [2.45, 2.75) is 6.61 Å². The average Bonchev–Trinajstić information content (AvgIpc) is 2.86. The number of methoxy groups -OCH3 is 1. The van der Waals surface area contributed by atoms with Crippen LogP contribution in [0.2, 0.25) is 5.02 Å². The lowest BCUT2D eigenvalue weighted by atomic mass is 10.3. The molecular formula is C13H11ClO5. The first kappa shape index (κ1) is 13.3. The van der Waals surface area contributed by atoms with E-state index in [0.717, 1.165) is 0 Å². The highest BCUT2D eigenvalue weighted by atomic mass is 35.5. The Kier molecular flexibility index (Phi) is 3.97. The average molecular weight is 283 g/mol. The van der Waals surface area contributed by atoms with Gasteiger partial charge in [-0.15, -0.1) is 0 Å². The highest BCUT2D eigenvalue weighted by molar-refractivity contribution is 6.30. The molecule has 0 fully saturated rings. The van der Waals surface area contributed by atoms with Gasteiger partial charge < -0.3 is 19.0 Å². The van der Waals surface area contributed by atoms with Gasteiger partial charge in [-0.1, -0.05) is 11.6 Å². The molecule has 1 aromatic carbocycles. The molecule has 0 bridgehead atoms. The van der Waals surface area contributed by atoms with Crippen LogP contribution in [-0.4, -0.2) is 18.2 Å². The van der Waals surface area contributed by atoms with Crippen LogP contribution in [0.3, 0.4) is 0 Å². The molecule has 0 aliphatic carbocycles. The van der Waals surface area contributed by atoms with Crippen molar-refractivity contribution in [3.05, 3.63) is 46.9 Å². The lowest BCUT2D eigenvalue weighted by Gasteiger charge is -2.09. The van der Waals surface area contributed by atoms with Gasteiger partial charge in [-0.05, 0) is 24.3 Å². The van der Waals surface area contributed by atoms with Gasteiger partial charge in [0.15, 0.2) is 11.5 Å². The number of carboxylic acid groups (broad SMARTS) is 1. The van der Waals surface area contributed by atoms with E-state index < -0.39 is 5.97 Å². The van der Waals surface area contributed by atoms with Gasteiger partial charge in [-0.2, -0.15) is 0 Å². The zero-order valence-corrected chi connectivity index (χ0v) is 10.8. The smallest absolute Gasteiger partial charge is 0.371 e. The van der Waals surface area contributed by atoms with Gasteiger partial charge in [0.25, 0.3) is 0 Å². The Bertz CT molecular complexity index is 590. The van der Waals surface area contributed by atoms with Gasteiger partial charge >= 0.3 is 5.97 Å². The number of carboxylic acids is 1. The predicted molar refractivity (Wildman–Crippen MR) is 68.0 cm³/mol. The van der Waals surface area contributed by atoms with Crippen molar-refractivity contribution >= 4 is 17.6 Å². The molecule has 0 saturated heterocycles. The van der Waals surface area contributed by atoms with Crippen molar-refractivity contribution in [3.8, 4) is 11.5 Å². The molecular weight excluding hydrogens is 272 g/mol. The first-order valence-electron chi connectivity index (χ1n) is 5.38. The fourth-order valence-electron chi connectivity index (χ4n) is 1.48. The number of ether oxygens (including phenoxy) is 2. The second kappa shape index (κ2) is 5.67. The number of hydrogen-bond donors (Lipinski definition) is 1. The van der Waals surface area contributed by atoms with E-state index in [1.165, 1.54) is 13.2 Å². The minimum Gasteiger partial charge on any atom is -0.493 e. The van der Waals surface area contributed by atoms with Crippen LogP contribution >= 0.6 is 11.6 Å². The SMILES string of the molecule is COc1cc(Cl)ccc1OCc1ccc(C(=O)O)o1. The Morgan fingerprint density at radius 3 is 2.74 bits per heavy atom. The van der Waals surface area contributed by atoms with Crippen molar-refractivity contribution in [1.29, 1.82) is 0 Å². The quantitative estimate of drug-likeness (QED) is 0.912. The number of hydrogen-bond acceptors (Lipinski definition) is 4. The second-order valence-electron chi connectivity index (χ2n) is 3.65. The van der Waals surface area contributed by atoms with Crippen LogP contribution in [0.4, 0.5) is 0 Å². The zero-order chi connectivity index (χ0) is 13.8. The molecule has 6 heteroatoms. The van der Waals surface area contributed by atoms with Crippen LogP contribution in [0.5, 0.6) is 11.5 Å². The van der Waals surface area contributed by atoms with Gasteiger partial charge in [0, 0.05) is 11.1 Å². The summed E-state index contributed by atoms with van der Waals surface area (Å²) in [6, 6.07) is 7.89. The Balaban J connectivity index is 2.07. The Morgan fingerprint density at radius 2 is 2.11 bits per heavy atom. The zero-order valence-electron chi connectivity index (χ0n) is 10.1. The number of carbonyl (C=O) groups is 1. The van der Waals surface area contributed by atoms with Gasteiger partial charge in [0.1, 0.15) is 12.4 Å². The maximum Gasteiger partial charge on any atom is 0.371 e. The number of furan rings is 1. The molecule has 19 heavy (non-hydrogen) atoms. The topological polar surface area (TPSA) is 68.9 Å². The number of halogens is 1. The third-order valence-electron chi connectivity index (χ3n) is 2.37. The van der Waals surface area contributed by atoms with Crippen LogP contribution < -0.4 is 9.47 Å². The molecule has 0 spiro atoms. The first-order valence-corrected chi connectivity index (χ1v) is 5.76. The molecule has 5 nitrogen and oxygen atoms in total. The summed E-state index contributed by atoms with van der Waals surface area (Å²) in [6.45, 7) is 0.102. The Labute approximate surface area is 114 Å². The molecule has 0 unspecified atom stereocenters. The van der Waals surface area contributed by atoms with E-state index in [-0.39, 0.29) is 12.4 Å². The summed E-state index contributed by atoms with van der Waals surface area (Å²) in [6.07, 6.45) is 0. The number of benzene rings is 1. The minimum absolute atomic E-state index is 0.102. The maximum absolute atomic E-state index is 10.7. The van der Waals surface area contributed by atoms with E-state index in [1.54, 1.807) is 24.3 Å². The third kappa shape index (κ3) is 3.20. The normalized spacial score (nSPS) is 10.2. The van der Waals surface area contributed by atoms with Crippen molar-refractivity contribution in [2.75, 3.05) is 7.11 Å². The highest BCUT2D eigenvalue weighted by Gasteiger charge is 2.10. The van der Waals surface area contributed by atoms with Crippen molar-refractivity contribution in [1.82, 2.24) is 0 Å². The van der Waals surface area contributed by atoms with Gasteiger partial charge in [-0.25, -0.2) is 4.79 Å². The highest BCUT2D eigenvalue weighted by Crippen LogP contribution is 2.30. The van der Waals surface area contributed by atoms with Crippen LogP contribution in [0.25, 0.3) is 0 Å². The first-order chi connectivity index (χ1) is 9.10. The summed E-state index contributed by atoms with van der Waals surface area (Å²) >= 11 is 5.83. The largest absolute Gasteiger partial charge is 0.493 e. The maximum atomic E-state index is 10.7. The molecule has 1 heterocycles. The number of rotatable bonds is 5.